The largest absolute Gasteiger partial charge is 0.333 e. The molecular weight excluding hydrogens is 200 g/mol. The fourth-order valence-electron chi connectivity index (χ4n) is 3.12. The van der Waals surface area contributed by atoms with E-state index in [9.17, 15) is 4.79 Å². The Morgan fingerprint density at radius 2 is 2.06 bits per heavy atom. The number of nitrogens with zero attached hydrogens (tertiary/aromatic N) is 1. The van der Waals surface area contributed by atoms with Crippen molar-refractivity contribution in [1.82, 2.24) is 10.2 Å². The highest BCUT2D eigenvalue weighted by atomic mass is 16.2. The monoisotopic (exact) mass is 222 g/mol. The maximum atomic E-state index is 12.1. The summed E-state index contributed by atoms with van der Waals surface area (Å²) in [6.45, 7) is 11.4. The first-order valence-corrected chi connectivity index (χ1v) is 6.10. The average molecular weight is 222 g/mol. The SMILES string of the molecule is CC(C)=CC(=O)N1CC2CNCC2C1(C)C. The van der Waals surface area contributed by atoms with Crippen LogP contribution in [0.2, 0.25) is 0 Å². The van der Waals surface area contributed by atoms with Gasteiger partial charge in [-0.3, -0.25) is 4.79 Å². The van der Waals surface area contributed by atoms with E-state index in [-0.39, 0.29) is 11.4 Å². The molecule has 0 aromatic heterocycles. The van der Waals surface area contributed by atoms with Gasteiger partial charge in [0.05, 0.1) is 0 Å². The van der Waals surface area contributed by atoms with Gasteiger partial charge in [-0.25, -0.2) is 0 Å². The van der Waals surface area contributed by atoms with Crippen LogP contribution in [0.3, 0.4) is 0 Å². The van der Waals surface area contributed by atoms with Gasteiger partial charge in [0.25, 0.3) is 0 Å². The lowest BCUT2D eigenvalue weighted by molar-refractivity contribution is -0.129. The summed E-state index contributed by atoms with van der Waals surface area (Å²) in [4.78, 5) is 14.2. The molecule has 2 unspecified atom stereocenters. The molecule has 0 saturated carbocycles. The zero-order valence-electron chi connectivity index (χ0n) is 10.7. The van der Waals surface area contributed by atoms with Gasteiger partial charge >= 0.3 is 0 Å². The van der Waals surface area contributed by atoms with Gasteiger partial charge in [-0.2, -0.15) is 0 Å². The van der Waals surface area contributed by atoms with Crippen molar-refractivity contribution in [3.8, 4) is 0 Å². The number of rotatable bonds is 1. The fraction of sp³-hybridized carbons (Fsp3) is 0.769. The standard InChI is InChI=1S/C13H22N2O/c1-9(2)5-12(16)15-8-10-6-14-7-11(10)13(15,3)4/h5,10-11,14H,6-8H2,1-4H3. The molecule has 0 aliphatic carbocycles. The van der Waals surface area contributed by atoms with Gasteiger partial charge in [-0.1, -0.05) is 5.57 Å². The Hall–Kier alpha value is -0.830. The first-order valence-electron chi connectivity index (χ1n) is 6.10. The van der Waals surface area contributed by atoms with E-state index in [1.807, 2.05) is 13.8 Å². The van der Waals surface area contributed by atoms with Gasteiger partial charge in [0.1, 0.15) is 0 Å². The second-order valence-electron chi connectivity index (χ2n) is 5.85. The Balaban J connectivity index is 2.18. The van der Waals surface area contributed by atoms with Crippen LogP contribution < -0.4 is 5.32 Å². The lowest BCUT2D eigenvalue weighted by atomic mass is 9.85. The molecule has 2 heterocycles. The first-order chi connectivity index (χ1) is 7.43. The summed E-state index contributed by atoms with van der Waals surface area (Å²) in [6, 6.07) is 0. The summed E-state index contributed by atoms with van der Waals surface area (Å²) in [7, 11) is 0. The summed E-state index contributed by atoms with van der Waals surface area (Å²) < 4.78 is 0. The van der Waals surface area contributed by atoms with Gasteiger partial charge in [-0.15, -0.1) is 0 Å². The third-order valence-corrected chi connectivity index (χ3v) is 4.04. The summed E-state index contributed by atoms with van der Waals surface area (Å²) in [5, 5.41) is 3.43. The van der Waals surface area contributed by atoms with Crippen LogP contribution in [-0.4, -0.2) is 36.0 Å². The van der Waals surface area contributed by atoms with Crippen molar-refractivity contribution in [2.75, 3.05) is 19.6 Å². The van der Waals surface area contributed by atoms with Crippen molar-refractivity contribution in [3.63, 3.8) is 0 Å². The van der Waals surface area contributed by atoms with Gasteiger partial charge in [-0.05, 0) is 39.5 Å². The van der Waals surface area contributed by atoms with Gasteiger partial charge in [0, 0.05) is 31.2 Å². The van der Waals surface area contributed by atoms with Crippen molar-refractivity contribution < 1.29 is 4.79 Å². The molecule has 1 amide bonds. The number of hydrogen-bond donors (Lipinski definition) is 1. The van der Waals surface area contributed by atoms with Crippen LogP contribution in [0.1, 0.15) is 27.7 Å². The van der Waals surface area contributed by atoms with Gasteiger partial charge < -0.3 is 10.2 Å². The van der Waals surface area contributed by atoms with Crippen molar-refractivity contribution in [1.29, 1.82) is 0 Å². The number of likely N-dealkylation sites (tertiary alicyclic amines) is 1. The minimum Gasteiger partial charge on any atom is -0.333 e. The molecule has 2 atom stereocenters. The second-order valence-corrected chi connectivity index (χ2v) is 5.85. The van der Waals surface area contributed by atoms with E-state index in [1.54, 1.807) is 6.08 Å². The van der Waals surface area contributed by atoms with Crippen LogP contribution in [0, 0.1) is 11.8 Å². The number of carbonyl (C=O) groups is 1. The summed E-state index contributed by atoms with van der Waals surface area (Å²) in [5.74, 6) is 1.44. The van der Waals surface area contributed by atoms with Crippen LogP contribution in [-0.2, 0) is 4.79 Å². The highest BCUT2D eigenvalue weighted by Gasteiger charge is 2.50. The summed E-state index contributed by atoms with van der Waals surface area (Å²) in [6.07, 6.45) is 1.76. The normalized spacial score (nSPS) is 31.4. The zero-order chi connectivity index (χ0) is 11.9. The molecule has 16 heavy (non-hydrogen) atoms. The molecule has 1 N–H and O–H groups in total. The zero-order valence-corrected chi connectivity index (χ0v) is 10.7. The van der Waals surface area contributed by atoms with Gasteiger partial charge in [0.2, 0.25) is 5.91 Å². The maximum Gasteiger partial charge on any atom is 0.246 e. The predicted molar refractivity (Wildman–Crippen MR) is 65.1 cm³/mol. The Kier molecular flexibility index (Phi) is 2.82. The quantitative estimate of drug-likeness (QED) is 0.680. The smallest absolute Gasteiger partial charge is 0.246 e. The second kappa shape index (κ2) is 3.88. The van der Waals surface area contributed by atoms with Crippen molar-refractivity contribution in [2.24, 2.45) is 11.8 Å². The van der Waals surface area contributed by atoms with Crippen LogP contribution in [0.15, 0.2) is 11.6 Å². The molecule has 3 heteroatoms. The van der Waals surface area contributed by atoms with Gasteiger partial charge in [0.15, 0.2) is 0 Å². The number of fused-ring (bicyclic) bond motifs is 1. The number of hydrogen-bond acceptors (Lipinski definition) is 2. The topological polar surface area (TPSA) is 32.3 Å². The number of nitrogens with one attached hydrogen (secondary N) is 1. The van der Waals surface area contributed by atoms with E-state index in [4.69, 9.17) is 0 Å². The van der Waals surface area contributed by atoms with E-state index in [2.05, 4.69) is 24.1 Å². The highest BCUT2D eigenvalue weighted by Crippen LogP contribution is 2.40. The van der Waals surface area contributed by atoms with Crippen LogP contribution >= 0.6 is 0 Å². The molecule has 3 nitrogen and oxygen atoms in total. The summed E-state index contributed by atoms with van der Waals surface area (Å²) >= 11 is 0. The third kappa shape index (κ3) is 1.77. The molecule has 2 rings (SSSR count). The third-order valence-electron chi connectivity index (χ3n) is 4.04. The molecule has 2 aliphatic heterocycles. The van der Waals surface area contributed by atoms with E-state index >= 15 is 0 Å². The molecule has 0 bridgehead atoms. The number of carbonyl (C=O) groups excluding carboxylic acids is 1. The first kappa shape index (κ1) is 11.6. The summed E-state index contributed by atoms with van der Waals surface area (Å²) in [5.41, 5.74) is 1.08. The number of allylic oxidation sites excluding steroid dienone is 1. The highest BCUT2D eigenvalue weighted by molar-refractivity contribution is 5.89. The maximum absolute atomic E-state index is 12.1. The fourth-order valence-corrected chi connectivity index (χ4v) is 3.12. The lowest BCUT2D eigenvalue weighted by Crippen LogP contribution is -2.47. The minimum atomic E-state index is -0.00278. The average Bonchev–Trinajstić information content (AvgIpc) is 2.67. The molecule has 2 fully saturated rings. The van der Waals surface area contributed by atoms with Crippen LogP contribution in [0.5, 0.6) is 0 Å². The van der Waals surface area contributed by atoms with E-state index in [0.29, 0.717) is 11.8 Å². The van der Waals surface area contributed by atoms with Crippen LogP contribution in [0.25, 0.3) is 0 Å². The Labute approximate surface area is 97.9 Å². The predicted octanol–water partition coefficient (Wildman–Crippen LogP) is 1.41. The Bertz CT molecular complexity index is 329. The van der Waals surface area contributed by atoms with Crippen molar-refractivity contribution in [2.45, 2.75) is 33.2 Å². The Morgan fingerprint density at radius 1 is 1.38 bits per heavy atom. The van der Waals surface area contributed by atoms with Crippen molar-refractivity contribution >= 4 is 5.91 Å². The van der Waals surface area contributed by atoms with E-state index in [1.165, 1.54) is 0 Å². The Morgan fingerprint density at radius 3 is 2.62 bits per heavy atom. The molecule has 0 aromatic carbocycles. The molecule has 0 spiro atoms. The minimum absolute atomic E-state index is 0.00278. The van der Waals surface area contributed by atoms with Crippen molar-refractivity contribution in [3.05, 3.63) is 11.6 Å². The molecule has 0 aromatic rings. The van der Waals surface area contributed by atoms with E-state index in [0.717, 1.165) is 25.2 Å². The molecular formula is C13H22N2O. The van der Waals surface area contributed by atoms with Crippen LogP contribution in [0.4, 0.5) is 0 Å². The molecule has 2 aliphatic rings. The van der Waals surface area contributed by atoms with E-state index < -0.39 is 0 Å². The molecule has 90 valence electrons. The lowest BCUT2D eigenvalue weighted by Gasteiger charge is -2.35. The number of amides is 1. The molecule has 0 radical (unpaired) electrons. The molecule has 2 saturated heterocycles.